The van der Waals surface area contributed by atoms with Crippen LogP contribution >= 0.6 is 0 Å². The molecule has 0 saturated heterocycles. The van der Waals surface area contributed by atoms with E-state index < -0.39 is 17.0 Å². The number of hydrogen-bond donors (Lipinski definition) is 2. The molecule has 0 amide bonds. The number of aromatic amines is 1. The highest BCUT2D eigenvalue weighted by Crippen LogP contribution is 2.03. The Morgan fingerprint density at radius 1 is 1.47 bits per heavy atom. The number of anilines is 1. The van der Waals surface area contributed by atoms with Crippen LogP contribution in [0.4, 0.5) is 5.95 Å². The van der Waals surface area contributed by atoms with Crippen LogP contribution < -0.4 is 16.7 Å². The van der Waals surface area contributed by atoms with Crippen LogP contribution in [-0.4, -0.2) is 25.7 Å². The second-order valence-corrected chi connectivity index (χ2v) is 3.83. The van der Waals surface area contributed by atoms with Gasteiger partial charge in [-0.1, -0.05) is 0 Å². The lowest BCUT2D eigenvalue weighted by Gasteiger charge is -2.07. The molecular weight excluding hydrogens is 254 g/mol. The smallest absolute Gasteiger partial charge is 0.303 e. The Morgan fingerprint density at radius 2 is 2.16 bits per heavy atom. The molecule has 9 heteroatoms. The number of ether oxygens (including phenoxy) is 1. The first-order valence-corrected chi connectivity index (χ1v) is 5.29. The summed E-state index contributed by atoms with van der Waals surface area (Å²) in [6.45, 7) is 0.905. The van der Waals surface area contributed by atoms with Crippen LogP contribution in [0.15, 0.2) is 9.59 Å². The Hall–Kier alpha value is -2.71. The Labute approximate surface area is 106 Å². The third kappa shape index (κ3) is 2.30. The predicted molar refractivity (Wildman–Crippen MR) is 65.3 cm³/mol. The number of aryl methyl sites for hydroxylation is 1. The van der Waals surface area contributed by atoms with Gasteiger partial charge >= 0.3 is 5.97 Å². The molecular formula is C10H11N5O4. The molecule has 2 heterocycles. The fourth-order valence-corrected chi connectivity index (χ4v) is 1.60. The summed E-state index contributed by atoms with van der Waals surface area (Å²) >= 11 is 0. The van der Waals surface area contributed by atoms with E-state index >= 15 is 0 Å². The topological polar surface area (TPSA) is 133 Å². The molecule has 2 aromatic rings. The first-order chi connectivity index (χ1) is 8.90. The van der Waals surface area contributed by atoms with Crippen molar-refractivity contribution in [2.45, 2.75) is 13.5 Å². The first kappa shape index (κ1) is 12.7. The van der Waals surface area contributed by atoms with Crippen molar-refractivity contribution in [1.29, 1.82) is 0 Å². The number of aromatic nitrogens is 4. The minimum absolute atomic E-state index is 0.0535. The summed E-state index contributed by atoms with van der Waals surface area (Å²) in [5.74, 6) is -0.657. The van der Waals surface area contributed by atoms with Gasteiger partial charge in [0.2, 0.25) is 11.4 Å². The van der Waals surface area contributed by atoms with Crippen molar-refractivity contribution in [3.63, 3.8) is 0 Å². The highest BCUT2D eigenvalue weighted by Gasteiger charge is 2.15. The number of hydrogen-bond acceptors (Lipinski definition) is 7. The van der Waals surface area contributed by atoms with Crippen molar-refractivity contribution >= 4 is 23.0 Å². The molecule has 0 unspecified atom stereocenters. The van der Waals surface area contributed by atoms with E-state index in [0.717, 1.165) is 0 Å². The zero-order valence-corrected chi connectivity index (χ0v) is 10.3. The van der Waals surface area contributed by atoms with Crippen LogP contribution in [0.3, 0.4) is 0 Å². The Balaban J connectivity index is 2.72. The molecule has 3 N–H and O–H groups in total. The van der Waals surface area contributed by atoms with E-state index in [-0.39, 0.29) is 29.3 Å². The minimum atomic E-state index is -0.658. The Morgan fingerprint density at radius 3 is 2.79 bits per heavy atom. The predicted octanol–water partition coefficient (Wildman–Crippen LogP) is -1.34. The molecule has 9 nitrogen and oxygen atoms in total. The van der Waals surface area contributed by atoms with E-state index in [0.29, 0.717) is 0 Å². The van der Waals surface area contributed by atoms with Crippen LogP contribution in [0, 0.1) is 0 Å². The first-order valence-electron chi connectivity index (χ1n) is 5.29. The van der Waals surface area contributed by atoms with E-state index in [1.807, 2.05) is 0 Å². The molecule has 0 aliphatic rings. The van der Waals surface area contributed by atoms with Gasteiger partial charge in [0.25, 0.3) is 5.56 Å². The molecule has 0 aromatic carbocycles. The summed E-state index contributed by atoms with van der Waals surface area (Å²) in [5, 5.41) is 3.74. The van der Waals surface area contributed by atoms with Crippen molar-refractivity contribution in [2.24, 2.45) is 7.05 Å². The molecule has 0 aliphatic heterocycles. The van der Waals surface area contributed by atoms with Crippen LogP contribution in [0.2, 0.25) is 0 Å². The number of nitrogens with one attached hydrogen (secondary N) is 1. The molecule has 100 valence electrons. The summed E-state index contributed by atoms with van der Waals surface area (Å²) in [4.78, 5) is 40.6. The molecule has 2 aromatic heterocycles. The van der Waals surface area contributed by atoms with Gasteiger partial charge in [0.15, 0.2) is 5.65 Å². The van der Waals surface area contributed by atoms with Gasteiger partial charge in [-0.2, -0.15) is 10.1 Å². The second-order valence-electron chi connectivity index (χ2n) is 3.83. The average Bonchev–Trinajstić information content (AvgIpc) is 2.31. The number of carbonyl (C=O) groups is 1. The van der Waals surface area contributed by atoms with Gasteiger partial charge in [-0.25, -0.2) is 4.68 Å². The van der Waals surface area contributed by atoms with Gasteiger partial charge in [-0.3, -0.25) is 19.4 Å². The highest BCUT2D eigenvalue weighted by atomic mass is 16.5. The number of nitrogen functional groups attached to an aromatic ring is 1. The fraction of sp³-hybridized carbons (Fsp3) is 0.300. The molecule has 0 atom stereocenters. The third-order valence-electron chi connectivity index (χ3n) is 2.40. The zero-order chi connectivity index (χ0) is 14.2. The van der Waals surface area contributed by atoms with Crippen molar-refractivity contribution in [3.8, 4) is 0 Å². The maximum Gasteiger partial charge on any atom is 0.303 e. The van der Waals surface area contributed by atoms with Crippen molar-refractivity contribution < 1.29 is 9.53 Å². The highest BCUT2D eigenvalue weighted by molar-refractivity contribution is 5.74. The summed E-state index contributed by atoms with van der Waals surface area (Å²) < 4.78 is 5.94. The van der Waals surface area contributed by atoms with Gasteiger partial charge in [-0.15, -0.1) is 0 Å². The summed E-state index contributed by atoms with van der Waals surface area (Å²) in [7, 11) is 1.50. The lowest BCUT2D eigenvalue weighted by atomic mass is 10.3. The maximum atomic E-state index is 12.1. The van der Waals surface area contributed by atoms with Crippen molar-refractivity contribution in [1.82, 2.24) is 19.7 Å². The van der Waals surface area contributed by atoms with Gasteiger partial charge in [0.1, 0.15) is 17.7 Å². The number of rotatable bonds is 2. The Kier molecular flexibility index (Phi) is 3.03. The lowest BCUT2D eigenvalue weighted by molar-refractivity contribution is -0.142. The van der Waals surface area contributed by atoms with E-state index in [2.05, 4.69) is 15.1 Å². The number of nitrogens with zero attached hydrogens (tertiary/aromatic N) is 3. The quantitative estimate of drug-likeness (QED) is 0.642. The van der Waals surface area contributed by atoms with Crippen molar-refractivity contribution in [3.05, 3.63) is 26.3 Å². The van der Waals surface area contributed by atoms with Gasteiger partial charge in [-0.05, 0) is 0 Å². The van der Waals surface area contributed by atoms with Gasteiger partial charge < -0.3 is 10.5 Å². The minimum Gasteiger partial charge on any atom is -0.459 e. The lowest BCUT2D eigenvalue weighted by Crippen LogP contribution is -2.27. The van der Waals surface area contributed by atoms with E-state index in [1.54, 1.807) is 0 Å². The number of esters is 1. The fourth-order valence-electron chi connectivity index (χ4n) is 1.60. The van der Waals surface area contributed by atoms with Gasteiger partial charge in [0.05, 0.1) is 0 Å². The SMILES string of the molecule is CC(=O)OCc1nn(C)c2nc(N)[nH]c(=O)c2c1=O. The number of carbonyl (C=O) groups excluding carboxylic acids is 1. The van der Waals surface area contributed by atoms with Crippen LogP contribution in [0.5, 0.6) is 0 Å². The summed E-state index contributed by atoms with van der Waals surface area (Å²) in [6.07, 6.45) is 0. The van der Waals surface area contributed by atoms with Crippen LogP contribution in [-0.2, 0) is 23.2 Å². The van der Waals surface area contributed by atoms with E-state index in [9.17, 15) is 14.4 Å². The van der Waals surface area contributed by atoms with Crippen LogP contribution in [0.25, 0.3) is 11.0 Å². The zero-order valence-electron chi connectivity index (χ0n) is 10.3. The molecule has 0 saturated carbocycles. The number of nitrogens with two attached hydrogens (primary N) is 1. The number of fused-ring (bicyclic) bond motifs is 1. The van der Waals surface area contributed by atoms with Crippen LogP contribution in [0.1, 0.15) is 12.6 Å². The molecule has 0 spiro atoms. The molecule has 19 heavy (non-hydrogen) atoms. The third-order valence-corrected chi connectivity index (χ3v) is 2.40. The second kappa shape index (κ2) is 4.52. The molecule has 2 rings (SSSR count). The average molecular weight is 265 g/mol. The normalized spacial score (nSPS) is 10.6. The summed E-state index contributed by atoms with van der Waals surface area (Å²) in [5.41, 5.74) is 4.12. The van der Waals surface area contributed by atoms with Crippen molar-refractivity contribution in [2.75, 3.05) is 5.73 Å². The summed E-state index contributed by atoms with van der Waals surface area (Å²) in [6, 6.07) is 0. The molecule has 0 bridgehead atoms. The maximum absolute atomic E-state index is 12.1. The standard InChI is InChI=1S/C10H11N5O4/c1-4(16)19-3-5-7(17)6-8(15(2)14-5)12-10(11)13-9(6)18/h3H2,1-2H3,(H3,11,12,13,18). The molecule has 0 fully saturated rings. The molecule has 0 radical (unpaired) electrons. The largest absolute Gasteiger partial charge is 0.459 e. The number of H-pyrrole nitrogens is 1. The Bertz CT molecular complexity index is 776. The van der Waals surface area contributed by atoms with E-state index in [4.69, 9.17) is 10.5 Å². The monoisotopic (exact) mass is 265 g/mol. The molecule has 0 aliphatic carbocycles. The van der Waals surface area contributed by atoms with E-state index in [1.165, 1.54) is 18.7 Å². The van der Waals surface area contributed by atoms with Gasteiger partial charge in [0, 0.05) is 14.0 Å².